The van der Waals surface area contributed by atoms with Crippen LogP contribution in [0.4, 0.5) is 0 Å². The lowest BCUT2D eigenvalue weighted by atomic mass is 9.41. The van der Waals surface area contributed by atoms with Crippen molar-refractivity contribution in [1.29, 1.82) is 0 Å². The normalized spacial score (nSPS) is 43.8. The van der Waals surface area contributed by atoms with Gasteiger partial charge in [0.2, 0.25) is 5.79 Å². The molecule has 38 heavy (non-hydrogen) atoms. The fraction of sp³-hybridized carbons (Fsp3) is 0.857. The molecule has 0 radical (unpaired) electrons. The molecule has 10 nitrogen and oxygen atoms in total. The van der Waals surface area contributed by atoms with E-state index in [-0.39, 0.29) is 22.6 Å². The summed E-state index contributed by atoms with van der Waals surface area (Å²) in [7, 11) is 0. The van der Waals surface area contributed by atoms with Gasteiger partial charge in [0.1, 0.15) is 22.8 Å². The smallest absolute Gasteiger partial charge is 0.210 e. The molecular weight excluding hydrogens is 484 g/mol. The monoisotopic (exact) mass is 534 g/mol. The summed E-state index contributed by atoms with van der Waals surface area (Å²) in [6.45, 7) is 10.7. The molecule has 15 N–H and O–H groups in total. The maximum Gasteiger partial charge on any atom is 0.210 e. The highest BCUT2D eigenvalue weighted by molar-refractivity contribution is 5.66. The van der Waals surface area contributed by atoms with Gasteiger partial charge in [-0.1, -0.05) is 47.0 Å². The Balaban J connectivity index is 1.84. The summed E-state index contributed by atoms with van der Waals surface area (Å²) in [4.78, 5) is 12.0. The number of hydrogen-bond acceptors (Lipinski definition) is 10. The van der Waals surface area contributed by atoms with Crippen LogP contribution in [0.15, 0.2) is 16.8 Å². The van der Waals surface area contributed by atoms with Crippen molar-refractivity contribution in [1.82, 2.24) is 0 Å². The Morgan fingerprint density at radius 1 is 0.947 bits per heavy atom. The third kappa shape index (κ3) is 3.52. The van der Waals surface area contributed by atoms with Gasteiger partial charge in [0.05, 0.1) is 5.41 Å². The molecule has 4 aliphatic rings. The fourth-order valence-corrected chi connectivity index (χ4v) is 9.50. The Morgan fingerprint density at radius 2 is 1.55 bits per heavy atom. The SMILES string of the molecule is CC(C)CCC[C@@H](C)[C@H]1CC[C@H]2[C@H]3[C@H](CC[C@]12C)[C@]1(C)C(=C(N)C3(N)N)C(N)(N)[C@@](N)(O)C(=C=O)C1(O)O. The summed E-state index contributed by atoms with van der Waals surface area (Å²) < 4.78 is 0. The minimum absolute atomic E-state index is 0.0498. The van der Waals surface area contributed by atoms with Crippen molar-refractivity contribution in [2.45, 2.75) is 102 Å². The van der Waals surface area contributed by atoms with E-state index in [0.29, 0.717) is 24.2 Å². The van der Waals surface area contributed by atoms with Crippen molar-refractivity contribution in [3.63, 3.8) is 0 Å². The lowest BCUT2D eigenvalue weighted by molar-refractivity contribution is -0.269. The molecule has 4 aliphatic carbocycles. The van der Waals surface area contributed by atoms with Crippen LogP contribution in [0.1, 0.15) is 79.6 Å². The number of rotatable bonds is 5. The first kappa shape index (κ1) is 29.6. The summed E-state index contributed by atoms with van der Waals surface area (Å²) in [5.74, 6) is -0.776. The second-order valence-electron chi connectivity index (χ2n) is 14.0. The van der Waals surface area contributed by atoms with Crippen LogP contribution >= 0.6 is 0 Å². The van der Waals surface area contributed by atoms with Crippen LogP contribution in [0, 0.1) is 46.3 Å². The van der Waals surface area contributed by atoms with Gasteiger partial charge in [-0.3, -0.25) is 5.73 Å². The average Bonchev–Trinajstić information content (AvgIpc) is 3.13. The molecule has 216 valence electrons. The molecule has 3 fully saturated rings. The van der Waals surface area contributed by atoms with E-state index in [1.54, 1.807) is 6.92 Å². The van der Waals surface area contributed by atoms with Crippen LogP contribution in [0.5, 0.6) is 0 Å². The Morgan fingerprint density at radius 3 is 2.11 bits per heavy atom. The Labute approximate surface area is 226 Å². The summed E-state index contributed by atoms with van der Waals surface area (Å²) in [6, 6.07) is 0. The molecule has 0 saturated heterocycles. The van der Waals surface area contributed by atoms with Gasteiger partial charge in [-0.05, 0) is 67.6 Å². The topological polar surface area (TPSA) is 234 Å². The number of fused-ring (bicyclic) bond motifs is 5. The van der Waals surface area contributed by atoms with E-state index in [1.807, 2.05) is 0 Å². The van der Waals surface area contributed by atoms with Crippen LogP contribution in [0.2, 0.25) is 0 Å². The highest BCUT2D eigenvalue weighted by atomic mass is 16.5. The molecule has 0 aromatic carbocycles. The zero-order valence-corrected chi connectivity index (χ0v) is 23.6. The molecule has 0 aromatic rings. The minimum Gasteiger partial charge on any atom is -0.399 e. The predicted molar refractivity (Wildman–Crippen MR) is 145 cm³/mol. The van der Waals surface area contributed by atoms with E-state index in [1.165, 1.54) is 18.8 Å². The summed E-state index contributed by atoms with van der Waals surface area (Å²) in [5.41, 5.74) is 29.5. The van der Waals surface area contributed by atoms with E-state index in [4.69, 9.17) is 34.4 Å². The van der Waals surface area contributed by atoms with Crippen molar-refractivity contribution in [2.24, 2.45) is 80.7 Å². The van der Waals surface area contributed by atoms with Crippen molar-refractivity contribution in [3.05, 3.63) is 16.8 Å². The standard InChI is InChI=1S/C28H50N6O4/c1-14(2)7-6-8-15(3)16-9-10-17-20-18(11-12-23(16,17)4)24(5)21(22(29)25(20,30)31)26(32,33)27(34,36)19(13-35)28(24,37)38/h14-18,20,36-38H,6-12,29-34H2,1-5H3/t15-,16-,17+,18+,20+,23-,24-,27+/m1/s1. The summed E-state index contributed by atoms with van der Waals surface area (Å²) in [6.07, 6.45) is 6.79. The lowest BCUT2D eigenvalue weighted by Crippen LogP contribution is -2.86. The van der Waals surface area contributed by atoms with Gasteiger partial charge in [0.25, 0.3) is 0 Å². The fourth-order valence-electron chi connectivity index (χ4n) is 9.50. The quantitative estimate of drug-likeness (QED) is 0.170. The molecule has 0 spiro atoms. The van der Waals surface area contributed by atoms with Gasteiger partial charge in [-0.15, -0.1) is 0 Å². The molecule has 0 aliphatic heterocycles. The lowest BCUT2D eigenvalue weighted by Gasteiger charge is -2.68. The molecule has 0 heterocycles. The molecular formula is C28H50N6O4. The molecule has 0 aromatic heterocycles. The van der Waals surface area contributed by atoms with Gasteiger partial charge in [0.15, 0.2) is 5.72 Å². The molecule has 4 rings (SSSR count). The zero-order valence-electron chi connectivity index (χ0n) is 23.6. The minimum atomic E-state index is -2.93. The van der Waals surface area contributed by atoms with Crippen LogP contribution in [0.3, 0.4) is 0 Å². The maximum absolute atomic E-state index is 12.0. The number of hydrogen-bond donors (Lipinski definition) is 9. The van der Waals surface area contributed by atoms with E-state index >= 15 is 0 Å². The van der Waals surface area contributed by atoms with E-state index < -0.39 is 45.7 Å². The second-order valence-corrected chi connectivity index (χ2v) is 14.0. The van der Waals surface area contributed by atoms with Crippen molar-refractivity contribution >= 4 is 5.94 Å². The van der Waals surface area contributed by atoms with E-state index in [0.717, 1.165) is 25.7 Å². The number of aliphatic hydroxyl groups is 3. The van der Waals surface area contributed by atoms with Crippen LogP contribution < -0.4 is 34.4 Å². The molecule has 10 heteroatoms. The maximum atomic E-state index is 12.0. The number of nitrogens with two attached hydrogens (primary N) is 6. The molecule has 0 amide bonds. The first-order valence-electron chi connectivity index (χ1n) is 14.1. The first-order chi connectivity index (χ1) is 17.3. The second kappa shape index (κ2) is 8.83. The van der Waals surface area contributed by atoms with Gasteiger partial charge in [-0.2, -0.15) is 0 Å². The van der Waals surface area contributed by atoms with Crippen LogP contribution in [-0.2, 0) is 4.79 Å². The molecule has 0 bridgehead atoms. The third-order valence-electron chi connectivity index (χ3n) is 11.6. The summed E-state index contributed by atoms with van der Waals surface area (Å²) in [5, 5.41) is 34.3. The Hall–Kier alpha value is -1.33. The van der Waals surface area contributed by atoms with E-state index in [9.17, 15) is 20.1 Å². The van der Waals surface area contributed by atoms with Gasteiger partial charge in [-0.25, -0.2) is 4.79 Å². The van der Waals surface area contributed by atoms with E-state index in [2.05, 4.69) is 27.7 Å². The zero-order chi connectivity index (χ0) is 28.9. The first-order valence-corrected chi connectivity index (χ1v) is 14.1. The van der Waals surface area contributed by atoms with Crippen molar-refractivity contribution in [2.75, 3.05) is 0 Å². The average molecular weight is 535 g/mol. The van der Waals surface area contributed by atoms with Gasteiger partial charge in [0, 0.05) is 17.2 Å². The Bertz CT molecular complexity index is 1060. The largest absolute Gasteiger partial charge is 0.399 e. The van der Waals surface area contributed by atoms with Crippen LogP contribution in [-0.4, -0.2) is 44.1 Å². The molecule has 0 unspecified atom stereocenters. The highest BCUT2D eigenvalue weighted by Crippen LogP contribution is 2.71. The van der Waals surface area contributed by atoms with Crippen molar-refractivity contribution in [3.8, 4) is 0 Å². The Kier molecular flexibility index (Phi) is 6.89. The number of carbonyl (C=O) groups excluding carboxylic acids is 1. The highest BCUT2D eigenvalue weighted by Gasteiger charge is 2.77. The van der Waals surface area contributed by atoms with Gasteiger partial charge >= 0.3 is 0 Å². The van der Waals surface area contributed by atoms with Gasteiger partial charge < -0.3 is 44.0 Å². The molecule has 3 saturated carbocycles. The van der Waals surface area contributed by atoms with Crippen LogP contribution in [0.25, 0.3) is 0 Å². The van der Waals surface area contributed by atoms with Crippen molar-refractivity contribution < 1.29 is 20.1 Å². The third-order valence-corrected chi connectivity index (χ3v) is 11.6. The predicted octanol–water partition coefficient (Wildman–Crippen LogP) is 0.0674. The summed E-state index contributed by atoms with van der Waals surface area (Å²) >= 11 is 0. The molecule has 8 atom stereocenters.